The van der Waals surface area contributed by atoms with E-state index in [9.17, 15) is 12.8 Å². The molecule has 2 aromatic carbocycles. The summed E-state index contributed by atoms with van der Waals surface area (Å²) in [6.07, 6.45) is 2.08. The van der Waals surface area contributed by atoms with Gasteiger partial charge in [-0.15, -0.1) is 0 Å². The number of anilines is 6. The molecule has 152 valence electrons. The zero-order chi connectivity index (χ0) is 21.0. The summed E-state index contributed by atoms with van der Waals surface area (Å²) in [5.74, 6) is -0.567. The van der Waals surface area contributed by atoms with Crippen LogP contribution in [0.15, 0.2) is 54.7 Å². The molecule has 0 amide bonds. The van der Waals surface area contributed by atoms with Crippen molar-refractivity contribution in [1.82, 2.24) is 9.97 Å². The van der Waals surface area contributed by atoms with E-state index in [0.717, 1.165) is 23.8 Å². The molecule has 8 nitrogen and oxygen atoms in total. The van der Waals surface area contributed by atoms with Gasteiger partial charge in [0.15, 0.2) is 11.6 Å². The van der Waals surface area contributed by atoms with Gasteiger partial charge in [0.05, 0.1) is 23.8 Å². The third-order valence-corrected chi connectivity index (χ3v) is 4.45. The van der Waals surface area contributed by atoms with E-state index in [1.807, 2.05) is 43.3 Å². The second kappa shape index (κ2) is 8.31. The van der Waals surface area contributed by atoms with E-state index in [4.69, 9.17) is 0 Å². The van der Waals surface area contributed by atoms with Crippen molar-refractivity contribution in [2.75, 3.05) is 40.6 Å². The quantitative estimate of drug-likeness (QED) is 0.542. The largest absolute Gasteiger partial charge is 0.378 e. The molecule has 0 saturated carbocycles. The van der Waals surface area contributed by atoms with Crippen molar-refractivity contribution in [3.63, 3.8) is 0 Å². The van der Waals surface area contributed by atoms with E-state index in [-0.39, 0.29) is 17.5 Å². The predicted molar refractivity (Wildman–Crippen MR) is 114 cm³/mol. The van der Waals surface area contributed by atoms with Crippen LogP contribution in [0.25, 0.3) is 0 Å². The topological polar surface area (TPSA) is 99.2 Å². The minimum Gasteiger partial charge on any atom is -0.378 e. The monoisotopic (exact) mass is 416 g/mol. The maximum Gasteiger partial charge on any atom is 0.229 e. The van der Waals surface area contributed by atoms with Gasteiger partial charge in [-0.3, -0.25) is 4.72 Å². The number of rotatable bonds is 7. The molecule has 0 radical (unpaired) electrons. The van der Waals surface area contributed by atoms with Crippen LogP contribution < -0.4 is 20.3 Å². The summed E-state index contributed by atoms with van der Waals surface area (Å²) < 4.78 is 39.7. The van der Waals surface area contributed by atoms with Crippen molar-refractivity contribution in [1.29, 1.82) is 0 Å². The number of hydrogen-bond donors (Lipinski definition) is 3. The summed E-state index contributed by atoms with van der Waals surface area (Å²) in [4.78, 5) is 10.1. The minimum atomic E-state index is -3.49. The summed E-state index contributed by atoms with van der Waals surface area (Å²) in [6.45, 7) is 0. The second-order valence-electron chi connectivity index (χ2n) is 6.50. The molecule has 0 aliphatic rings. The fourth-order valence-corrected chi connectivity index (χ4v) is 3.07. The molecular formula is C19H21FN6O2S. The van der Waals surface area contributed by atoms with Gasteiger partial charge in [0.1, 0.15) is 0 Å². The first-order chi connectivity index (χ1) is 13.7. The van der Waals surface area contributed by atoms with Crippen LogP contribution >= 0.6 is 0 Å². The molecule has 3 aromatic rings. The Morgan fingerprint density at radius 1 is 0.966 bits per heavy atom. The molecule has 0 fully saturated rings. The van der Waals surface area contributed by atoms with Gasteiger partial charge in [-0.2, -0.15) is 4.98 Å². The van der Waals surface area contributed by atoms with Crippen molar-refractivity contribution in [3.05, 3.63) is 60.5 Å². The summed E-state index contributed by atoms with van der Waals surface area (Å²) in [7, 11) is 0.396. The highest BCUT2D eigenvalue weighted by atomic mass is 32.2. The summed E-state index contributed by atoms with van der Waals surface area (Å²) in [6, 6.07) is 14.1. The molecule has 3 N–H and O–H groups in total. The van der Waals surface area contributed by atoms with Gasteiger partial charge in [-0.05, 0) is 36.4 Å². The van der Waals surface area contributed by atoms with Gasteiger partial charge >= 0.3 is 0 Å². The van der Waals surface area contributed by atoms with E-state index in [1.165, 1.54) is 0 Å². The van der Waals surface area contributed by atoms with Crippen LogP contribution in [-0.2, 0) is 10.0 Å². The molecule has 1 heterocycles. The molecule has 0 aliphatic carbocycles. The zero-order valence-electron chi connectivity index (χ0n) is 16.1. The highest BCUT2D eigenvalue weighted by Gasteiger charge is 2.12. The Hall–Kier alpha value is -3.40. The van der Waals surface area contributed by atoms with E-state index < -0.39 is 15.8 Å². The number of para-hydroxylation sites is 2. The first-order valence-corrected chi connectivity index (χ1v) is 10.5. The van der Waals surface area contributed by atoms with Crippen molar-refractivity contribution in [2.24, 2.45) is 0 Å². The molecule has 29 heavy (non-hydrogen) atoms. The Balaban J connectivity index is 1.83. The number of halogens is 1. The Kier molecular flexibility index (Phi) is 5.83. The lowest BCUT2D eigenvalue weighted by atomic mass is 10.2. The molecule has 10 heteroatoms. The standard InChI is InChI=1S/C19H21FN6O2S/c1-26(2)14-10-8-13(9-11-14)22-19-21-12-15(20)18(24-19)23-16-6-4-5-7-17(16)25-29(3,27)28/h4-12,25H,1-3H3,(H2,21,22,23,24). The van der Waals surface area contributed by atoms with Crippen LogP contribution in [0.4, 0.5) is 38.9 Å². The van der Waals surface area contributed by atoms with Gasteiger partial charge in [0, 0.05) is 25.5 Å². The molecule has 3 rings (SSSR count). The molecule has 0 aliphatic heterocycles. The van der Waals surface area contributed by atoms with Crippen LogP contribution in [-0.4, -0.2) is 38.7 Å². The third-order valence-electron chi connectivity index (χ3n) is 3.86. The highest BCUT2D eigenvalue weighted by Crippen LogP contribution is 2.27. The molecular weight excluding hydrogens is 395 g/mol. The zero-order valence-corrected chi connectivity index (χ0v) is 17.0. The smallest absolute Gasteiger partial charge is 0.229 e. The predicted octanol–water partition coefficient (Wildman–Crippen LogP) is 3.54. The maximum atomic E-state index is 14.2. The number of nitrogens with zero attached hydrogens (tertiary/aromatic N) is 3. The van der Waals surface area contributed by atoms with E-state index in [2.05, 4.69) is 25.3 Å². The normalized spacial score (nSPS) is 11.0. The van der Waals surface area contributed by atoms with Crippen LogP contribution in [0.2, 0.25) is 0 Å². The molecule has 0 atom stereocenters. The third kappa shape index (κ3) is 5.55. The average Bonchev–Trinajstić information content (AvgIpc) is 2.65. The van der Waals surface area contributed by atoms with Crippen molar-refractivity contribution in [2.45, 2.75) is 0 Å². The minimum absolute atomic E-state index is 0.0878. The Labute approximate surface area is 168 Å². The molecule has 0 bridgehead atoms. The lowest BCUT2D eigenvalue weighted by Gasteiger charge is -2.14. The van der Waals surface area contributed by atoms with Gasteiger partial charge < -0.3 is 15.5 Å². The Bertz CT molecular complexity index is 1100. The maximum absolute atomic E-state index is 14.2. The lowest BCUT2D eigenvalue weighted by molar-refractivity contribution is 0.607. The van der Waals surface area contributed by atoms with Crippen molar-refractivity contribution >= 4 is 44.5 Å². The average molecular weight is 416 g/mol. The second-order valence-corrected chi connectivity index (χ2v) is 8.25. The number of benzene rings is 2. The first kappa shape index (κ1) is 20.3. The van der Waals surface area contributed by atoms with E-state index in [0.29, 0.717) is 5.69 Å². The fourth-order valence-electron chi connectivity index (χ4n) is 2.50. The van der Waals surface area contributed by atoms with Crippen LogP contribution in [0.5, 0.6) is 0 Å². The summed E-state index contributed by atoms with van der Waals surface area (Å²) in [5.41, 5.74) is 2.42. The van der Waals surface area contributed by atoms with Crippen LogP contribution in [0, 0.1) is 5.82 Å². The first-order valence-electron chi connectivity index (χ1n) is 8.62. The summed E-state index contributed by atoms with van der Waals surface area (Å²) >= 11 is 0. The number of sulfonamides is 1. The lowest BCUT2D eigenvalue weighted by Crippen LogP contribution is -2.11. The van der Waals surface area contributed by atoms with Gasteiger partial charge in [-0.1, -0.05) is 12.1 Å². The van der Waals surface area contributed by atoms with Crippen LogP contribution in [0.3, 0.4) is 0 Å². The van der Waals surface area contributed by atoms with Gasteiger partial charge in [0.2, 0.25) is 16.0 Å². The Morgan fingerprint density at radius 3 is 2.24 bits per heavy atom. The van der Waals surface area contributed by atoms with E-state index >= 15 is 0 Å². The molecule has 1 aromatic heterocycles. The summed E-state index contributed by atoms with van der Waals surface area (Å²) in [5, 5.41) is 5.83. The fraction of sp³-hybridized carbons (Fsp3) is 0.158. The van der Waals surface area contributed by atoms with Crippen molar-refractivity contribution in [3.8, 4) is 0 Å². The van der Waals surface area contributed by atoms with E-state index in [1.54, 1.807) is 24.3 Å². The molecule has 0 unspecified atom stereocenters. The number of nitrogens with one attached hydrogen (secondary N) is 3. The Morgan fingerprint density at radius 2 is 1.62 bits per heavy atom. The molecule has 0 saturated heterocycles. The SMILES string of the molecule is CN(C)c1ccc(Nc2ncc(F)c(Nc3ccccc3NS(C)(=O)=O)n2)cc1. The molecule has 0 spiro atoms. The van der Waals surface area contributed by atoms with Gasteiger partial charge in [0.25, 0.3) is 0 Å². The number of aromatic nitrogens is 2. The van der Waals surface area contributed by atoms with Crippen LogP contribution in [0.1, 0.15) is 0 Å². The van der Waals surface area contributed by atoms with Crippen molar-refractivity contribution < 1.29 is 12.8 Å². The number of hydrogen-bond acceptors (Lipinski definition) is 7. The highest BCUT2D eigenvalue weighted by molar-refractivity contribution is 7.92. The van der Waals surface area contributed by atoms with Gasteiger partial charge in [-0.25, -0.2) is 17.8 Å².